The van der Waals surface area contributed by atoms with Crippen molar-refractivity contribution in [2.75, 3.05) is 31.6 Å². The smallest absolute Gasteiger partial charge is 0.337 e. The monoisotopic (exact) mass is 348 g/mol. The molecular weight excluding hydrogens is 324 g/mol. The molecule has 1 aromatic carbocycles. The molecule has 136 valence electrons. The van der Waals surface area contributed by atoms with Crippen molar-refractivity contribution in [2.45, 2.75) is 25.9 Å². The lowest BCUT2D eigenvalue weighted by atomic mass is 10.1. The minimum atomic E-state index is -0.839. The van der Waals surface area contributed by atoms with E-state index in [2.05, 4.69) is 10.2 Å². The lowest BCUT2D eigenvalue weighted by molar-refractivity contribution is -0.125. The van der Waals surface area contributed by atoms with Crippen molar-refractivity contribution < 1.29 is 19.1 Å². The highest BCUT2D eigenvalue weighted by molar-refractivity contribution is 5.96. The molecule has 0 aliphatic carbocycles. The number of nitrogens with one attached hydrogen (secondary N) is 1. The van der Waals surface area contributed by atoms with Gasteiger partial charge in [-0.2, -0.15) is 0 Å². The molecule has 25 heavy (non-hydrogen) atoms. The lowest BCUT2D eigenvalue weighted by Crippen LogP contribution is -2.59. The Bertz CT molecular complexity index is 647. The Morgan fingerprint density at radius 2 is 1.88 bits per heavy atom. The number of ether oxygens (including phenoxy) is 1. The summed E-state index contributed by atoms with van der Waals surface area (Å²) in [6.45, 7) is 5.92. The number of imide groups is 1. The summed E-state index contributed by atoms with van der Waals surface area (Å²) in [5, 5.41) is 2.13. The van der Waals surface area contributed by atoms with E-state index in [1.54, 1.807) is 19.1 Å². The van der Waals surface area contributed by atoms with Crippen molar-refractivity contribution in [3.05, 3.63) is 29.8 Å². The number of piperazine rings is 1. The molecule has 0 saturated carbocycles. The number of nitrogens with two attached hydrogens (primary N) is 1. The van der Waals surface area contributed by atoms with E-state index in [9.17, 15) is 14.4 Å². The summed E-state index contributed by atoms with van der Waals surface area (Å²) in [4.78, 5) is 38.5. The van der Waals surface area contributed by atoms with Gasteiger partial charge < -0.3 is 15.4 Å². The second-order valence-electron chi connectivity index (χ2n) is 6.10. The highest BCUT2D eigenvalue weighted by Gasteiger charge is 2.31. The van der Waals surface area contributed by atoms with Crippen LogP contribution in [0.3, 0.4) is 0 Å². The molecule has 0 bridgehead atoms. The van der Waals surface area contributed by atoms with Gasteiger partial charge in [-0.1, -0.05) is 0 Å². The van der Waals surface area contributed by atoms with Crippen molar-refractivity contribution in [2.24, 2.45) is 5.73 Å². The van der Waals surface area contributed by atoms with Crippen LogP contribution in [0, 0.1) is 0 Å². The summed E-state index contributed by atoms with van der Waals surface area (Å²) in [5.41, 5.74) is 6.52. The third-order valence-electron chi connectivity index (χ3n) is 4.46. The molecule has 3 amide bonds. The van der Waals surface area contributed by atoms with Gasteiger partial charge in [0.2, 0.25) is 5.91 Å². The molecule has 1 heterocycles. The van der Waals surface area contributed by atoms with Crippen LogP contribution < -0.4 is 16.0 Å². The standard InChI is InChI=1S/C17H24N4O4/c1-11-10-20(14-6-4-13(5-7-14)16(23)25-3)8-9-21(11)12(2)15(22)19-17(18)24/h4-7,11-12H,8-10H2,1-3H3,(H3,18,19,22,24). The summed E-state index contributed by atoms with van der Waals surface area (Å²) < 4.78 is 4.70. The number of rotatable bonds is 4. The average Bonchev–Trinajstić information content (AvgIpc) is 2.60. The molecule has 1 aliphatic heterocycles. The van der Waals surface area contributed by atoms with E-state index in [1.807, 2.05) is 24.0 Å². The molecule has 3 N–H and O–H groups in total. The normalized spacial score (nSPS) is 19.2. The van der Waals surface area contributed by atoms with E-state index in [0.29, 0.717) is 12.1 Å². The van der Waals surface area contributed by atoms with Gasteiger partial charge in [-0.3, -0.25) is 15.0 Å². The third kappa shape index (κ3) is 4.48. The molecule has 0 spiro atoms. The van der Waals surface area contributed by atoms with Gasteiger partial charge in [-0.25, -0.2) is 9.59 Å². The van der Waals surface area contributed by atoms with Crippen LogP contribution in [0.2, 0.25) is 0 Å². The minimum absolute atomic E-state index is 0.114. The summed E-state index contributed by atoms with van der Waals surface area (Å²) in [7, 11) is 1.35. The zero-order chi connectivity index (χ0) is 18.6. The van der Waals surface area contributed by atoms with Gasteiger partial charge in [-0.05, 0) is 38.1 Å². The molecule has 0 radical (unpaired) electrons. The molecule has 2 unspecified atom stereocenters. The predicted molar refractivity (Wildman–Crippen MR) is 93.4 cm³/mol. The van der Waals surface area contributed by atoms with Crippen LogP contribution in [0.1, 0.15) is 24.2 Å². The van der Waals surface area contributed by atoms with Gasteiger partial charge in [0, 0.05) is 31.4 Å². The molecule has 1 fully saturated rings. The highest BCUT2D eigenvalue weighted by Crippen LogP contribution is 2.21. The Morgan fingerprint density at radius 1 is 1.24 bits per heavy atom. The predicted octanol–water partition coefficient (Wildman–Crippen LogP) is 0.567. The molecular formula is C17H24N4O4. The second-order valence-corrected chi connectivity index (χ2v) is 6.10. The number of benzene rings is 1. The topological polar surface area (TPSA) is 105 Å². The van der Waals surface area contributed by atoms with Crippen molar-refractivity contribution in [3.63, 3.8) is 0 Å². The Kier molecular flexibility index (Phi) is 5.97. The molecule has 2 rings (SSSR count). The van der Waals surface area contributed by atoms with Crippen LogP contribution in [0.4, 0.5) is 10.5 Å². The van der Waals surface area contributed by atoms with E-state index >= 15 is 0 Å². The minimum Gasteiger partial charge on any atom is -0.465 e. The van der Waals surface area contributed by atoms with E-state index in [0.717, 1.165) is 18.8 Å². The number of primary amides is 1. The summed E-state index contributed by atoms with van der Waals surface area (Å²) in [6.07, 6.45) is 0. The number of hydrogen-bond donors (Lipinski definition) is 2. The van der Waals surface area contributed by atoms with Gasteiger partial charge in [-0.15, -0.1) is 0 Å². The van der Waals surface area contributed by atoms with Crippen LogP contribution in [0.15, 0.2) is 24.3 Å². The number of esters is 1. The number of hydrogen-bond acceptors (Lipinski definition) is 6. The quantitative estimate of drug-likeness (QED) is 0.771. The number of carbonyl (C=O) groups excluding carboxylic acids is 3. The molecule has 8 heteroatoms. The van der Waals surface area contributed by atoms with Crippen molar-refractivity contribution in [3.8, 4) is 0 Å². The number of methoxy groups -OCH3 is 1. The maximum atomic E-state index is 12.0. The Hall–Kier alpha value is -2.61. The van der Waals surface area contributed by atoms with Crippen LogP contribution in [-0.2, 0) is 9.53 Å². The number of amides is 3. The maximum Gasteiger partial charge on any atom is 0.337 e. The zero-order valence-corrected chi connectivity index (χ0v) is 14.7. The average molecular weight is 348 g/mol. The fourth-order valence-corrected chi connectivity index (χ4v) is 3.08. The van der Waals surface area contributed by atoms with Crippen molar-refractivity contribution in [1.29, 1.82) is 0 Å². The molecule has 1 aliphatic rings. The fraction of sp³-hybridized carbons (Fsp3) is 0.471. The van der Waals surface area contributed by atoms with E-state index in [1.165, 1.54) is 7.11 Å². The van der Waals surface area contributed by atoms with Crippen LogP contribution >= 0.6 is 0 Å². The highest BCUT2D eigenvalue weighted by atomic mass is 16.5. The van der Waals surface area contributed by atoms with Gasteiger partial charge in [0.1, 0.15) is 0 Å². The molecule has 2 atom stereocenters. The Labute approximate surface area is 146 Å². The first-order chi connectivity index (χ1) is 11.8. The summed E-state index contributed by atoms with van der Waals surface area (Å²) >= 11 is 0. The first kappa shape index (κ1) is 18.7. The van der Waals surface area contributed by atoms with Crippen molar-refractivity contribution >= 4 is 23.6 Å². The SMILES string of the molecule is COC(=O)c1ccc(N2CCN(C(C)C(=O)NC(N)=O)C(C)C2)cc1. The zero-order valence-electron chi connectivity index (χ0n) is 14.7. The van der Waals surface area contributed by atoms with Gasteiger partial charge in [0.15, 0.2) is 0 Å². The third-order valence-corrected chi connectivity index (χ3v) is 4.46. The largest absolute Gasteiger partial charge is 0.465 e. The molecule has 1 saturated heterocycles. The van der Waals surface area contributed by atoms with Gasteiger partial charge >= 0.3 is 12.0 Å². The van der Waals surface area contributed by atoms with Gasteiger partial charge in [0.05, 0.1) is 18.7 Å². The van der Waals surface area contributed by atoms with E-state index < -0.39 is 18.0 Å². The Balaban J connectivity index is 2.00. The summed E-state index contributed by atoms with van der Waals surface area (Å²) in [5.74, 6) is -0.755. The van der Waals surface area contributed by atoms with E-state index in [4.69, 9.17) is 10.5 Å². The van der Waals surface area contributed by atoms with Crippen LogP contribution in [-0.4, -0.2) is 61.6 Å². The van der Waals surface area contributed by atoms with Crippen LogP contribution in [0.25, 0.3) is 0 Å². The fourth-order valence-electron chi connectivity index (χ4n) is 3.08. The van der Waals surface area contributed by atoms with Crippen LogP contribution in [0.5, 0.6) is 0 Å². The summed E-state index contributed by atoms with van der Waals surface area (Å²) in [6, 6.07) is 6.08. The lowest BCUT2D eigenvalue weighted by Gasteiger charge is -2.43. The number of nitrogens with zero attached hydrogens (tertiary/aromatic N) is 2. The molecule has 1 aromatic rings. The van der Waals surface area contributed by atoms with Gasteiger partial charge in [0.25, 0.3) is 0 Å². The van der Waals surface area contributed by atoms with Crippen molar-refractivity contribution in [1.82, 2.24) is 10.2 Å². The second kappa shape index (κ2) is 7.98. The van der Waals surface area contributed by atoms with E-state index in [-0.39, 0.29) is 12.0 Å². The number of anilines is 1. The first-order valence-corrected chi connectivity index (χ1v) is 8.13. The number of urea groups is 1. The number of carbonyl (C=O) groups is 3. The molecule has 0 aromatic heterocycles. The molecule has 8 nitrogen and oxygen atoms in total. The first-order valence-electron chi connectivity index (χ1n) is 8.13. The Morgan fingerprint density at radius 3 is 2.40 bits per heavy atom. The maximum absolute atomic E-state index is 12.0.